The van der Waals surface area contributed by atoms with E-state index in [1.54, 1.807) is 36.5 Å². The first kappa shape index (κ1) is 16.9. The quantitative estimate of drug-likeness (QED) is 0.500. The first-order valence-corrected chi connectivity index (χ1v) is 9.02. The summed E-state index contributed by atoms with van der Waals surface area (Å²) in [5.41, 5.74) is 3.39. The van der Waals surface area contributed by atoms with Crippen molar-refractivity contribution in [3.8, 4) is 11.4 Å². The molecule has 5 aromatic rings. The summed E-state index contributed by atoms with van der Waals surface area (Å²) in [6.07, 6.45) is 2.89. The number of H-pyrrole nitrogens is 1. The van der Waals surface area contributed by atoms with Crippen LogP contribution in [0, 0.1) is 0 Å². The molecule has 0 saturated heterocycles. The number of nitrogens with zero attached hydrogens (tertiary/aromatic N) is 3. The van der Waals surface area contributed by atoms with E-state index in [-0.39, 0.29) is 5.56 Å². The zero-order valence-electron chi connectivity index (χ0n) is 15.2. The number of fused-ring (bicyclic) bond motifs is 2. The number of aromatic amines is 1. The molecule has 0 unspecified atom stereocenters. The van der Waals surface area contributed by atoms with Crippen molar-refractivity contribution in [1.82, 2.24) is 19.4 Å². The molecule has 0 aliphatic heterocycles. The third-order valence-corrected chi connectivity index (χ3v) is 4.66. The molecule has 7 nitrogen and oxygen atoms in total. The highest BCUT2D eigenvalue weighted by molar-refractivity contribution is 6.04. The number of rotatable bonds is 3. The molecule has 1 amide bonds. The topological polar surface area (TPSA) is 92.2 Å². The second-order valence-electron chi connectivity index (χ2n) is 6.54. The molecule has 0 bridgehead atoms. The van der Waals surface area contributed by atoms with Gasteiger partial charge in [0.1, 0.15) is 17.0 Å². The Bertz CT molecular complexity index is 1380. The molecule has 29 heavy (non-hydrogen) atoms. The molecular weight excluding hydrogens is 366 g/mol. The summed E-state index contributed by atoms with van der Waals surface area (Å²) in [6.45, 7) is 0. The summed E-state index contributed by atoms with van der Waals surface area (Å²) in [4.78, 5) is 37.1. The number of imidazole rings is 1. The lowest BCUT2D eigenvalue weighted by Crippen LogP contribution is -2.26. The van der Waals surface area contributed by atoms with Gasteiger partial charge in [0, 0.05) is 23.6 Å². The largest absolute Gasteiger partial charge is 0.338 e. The van der Waals surface area contributed by atoms with Crippen LogP contribution >= 0.6 is 0 Å². The molecule has 3 aromatic heterocycles. The van der Waals surface area contributed by atoms with E-state index in [0.717, 1.165) is 22.4 Å². The Morgan fingerprint density at radius 2 is 1.76 bits per heavy atom. The van der Waals surface area contributed by atoms with Crippen molar-refractivity contribution < 1.29 is 4.79 Å². The number of para-hydroxylation sites is 2. The Morgan fingerprint density at radius 1 is 0.966 bits per heavy atom. The minimum absolute atomic E-state index is 0.0185. The fraction of sp³-hybridized carbons (Fsp3) is 0. The molecule has 5 rings (SSSR count). The number of amides is 1. The molecule has 0 aliphatic rings. The lowest BCUT2D eigenvalue weighted by Gasteiger charge is -2.07. The van der Waals surface area contributed by atoms with Crippen LogP contribution in [0.5, 0.6) is 0 Å². The van der Waals surface area contributed by atoms with Gasteiger partial charge in [-0.15, -0.1) is 0 Å². The molecule has 0 radical (unpaired) electrons. The van der Waals surface area contributed by atoms with Gasteiger partial charge in [0.2, 0.25) is 0 Å². The molecule has 0 fully saturated rings. The molecule has 140 valence electrons. The molecule has 0 saturated carbocycles. The average Bonchev–Trinajstić information content (AvgIpc) is 3.19. The van der Waals surface area contributed by atoms with Crippen LogP contribution in [0.4, 0.5) is 5.69 Å². The number of anilines is 1. The number of aromatic nitrogens is 4. The highest BCUT2D eigenvalue weighted by Gasteiger charge is 2.13. The molecule has 3 heterocycles. The Balaban J connectivity index is 1.40. The second-order valence-corrected chi connectivity index (χ2v) is 6.54. The zero-order valence-corrected chi connectivity index (χ0v) is 15.2. The smallest absolute Gasteiger partial charge is 0.270 e. The summed E-state index contributed by atoms with van der Waals surface area (Å²) >= 11 is 0. The molecule has 0 spiro atoms. The fourth-order valence-electron chi connectivity index (χ4n) is 3.18. The molecule has 0 aliphatic carbocycles. The number of carbonyl (C=O) groups excluding carboxylic acids is 1. The normalized spacial score (nSPS) is 11.0. The minimum Gasteiger partial charge on any atom is -0.338 e. The Labute approximate surface area is 164 Å². The summed E-state index contributed by atoms with van der Waals surface area (Å²) < 4.78 is 1.35. The van der Waals surface area contributed by atoms with Crippen molar-refractivity contribution in [3.63, 3.8) is 0 Å². The molecule has 0 atom stereocenters. The fourth-order valence-corrected chi connectivity index (χ4v) is 3.18. The Hall–Kier alpha value is -4.26. The number of benzene rings is 2. The van der Waals surface area contributed by atoms with E-state index in [2.05, 4.69) is 20.3 Å². The van der Waals surface area contributed by atoms with E-state index < -0.39 is 11.5 Å². The lowest BCUT2D eigenvalue weighted by atomic mass is 10.2. The van der Waals surface area contributed by atoms with Crippen molar-refractivity contribution in [2.45, 2.75) is 0 Å². The molecule has 7 heteroatoms. The molecule has 2 aromatic carbocycles. The maximum absolute atomic E-state index is 12.6. The van der Waals surface area contributed by atoms with Gasteiger partial charge in [-0.2, -0.15) is 0 Å². The first-order valence-electron chi connectivity index (χ1n) is 9.02. The van der Waals surface area contributed by atoms with E-state index in [1.165, 1.54) is 10.6 Å². The SMILES string of the molecule is O=C(Nc1ccc(-c2nc3ccccc3[nH]2)cc1)c1cnc2ccccn2c1=O. The highest BCUT2D eigenvalue weighted by atomic mass is 16.2. The summed E-state index contributed by atoms with van der Waals surface area (Å²) in [5, 5.41) is 2.75. The van der Waals surface area contributed by atoms with Gasteiger partial charge in [0.05, 0.1) is 11.0 Å². The number of pyridine rings is 1. The lowest BCUT2D eigenvalue weighted by molar-refractivity contribution is 0.102. The standard InChI is InChI=1S/C22H15N5O2/c28-21(16-13-23-19-7-3-4-12-27(19)22(16)29)24-15-10-8-14(9-11-15)20-25-17-5-1-2-6-18(17)26-20/h1-13H,(H,24,28)(H,25,26). The maximum Gasteiger partial charge on any atom is 0.270 e. The Morgan fingerprint density at radius 3 is 2.59 bits per heavy atom. The third kappa shape index (κ3) is 3.04. The summed E-state index contributed by atoms with van der Waals surface area (Å²) in [6, 6.07) is 20.3. The number of hydrogen-bond donors (Lipinski definition) is 2. The first-order chi connectivity index (χ1) is 14.2. The van der Waals surface area contributed by atoms with E-state index in [0.29, 0.717) is 11.3 Å². The minimum atomic E-state index is -0.503. The Kier molecular flexibility index (Phi) is 3.91. The summed E-state index contributed by atoms with van der Waals surface area (Å²) in [5.74, 6) is 0.248. The van der Waals surface area contributed by atoms with Gasteiger partial charge in [0.15, 0.2) is 0 Å². The summed E-state index contributed by atoms with van der Waals surface area (Å²) in [7, 11) is 0. The molecular formula is C22H15N5O2. The zero-order chi connectivity index (χ0) is 19.8. The average molecular weight is 381 g/mol. The van der Waals surface area contributed by atoms with E-state index in [9.17, 15) is 9.59 Å². The molecule has 2 N–H and O–H groups in total. The van der Waals surface area contributed by atoms with Crippen molar-refractivity contribution in [1.29, 1.82) is 0 Å². The highest BCUT2D eigenvalue weighted by Crippen LogP contribution is 2.22. The number of hydrogen-bond acceptors (Lipinski definition) is 4. The van der Waals surface area contributed by atoms with Crippen molar-refractivity contribution in [2.75, 3.05) is 5.32 Å². The van der Waals surface area contributed by atoms with Gasteiger partial charge in [-0.05, 0) is 48.5 Å². The van der Waals surface area contributed by atoms with Gasteiger partial charge in [-0.3, -0.25) is 14.0 Å². The third-order valence-electron chi connectivity index (χ3n) is 4.66. The number of carbonyl (C=O) groups is 1. The van der Waals surface area contributed by atoms with Gasteiger partial charge < -0.3 is 10.3 Å². The van der Waals surface area contributed by atoms with E-state index >= 15 is 0 Å². The predicted octanol–water partition coefficient (Wildman–Crippen LogP) is 3.49. The van der Waals surface area contributed by atoms with Crippen LogP contribution in [0.1, 0.15) is 10.4 Å². The maximum atomic E-state index is 12.6. The van der Waals surface area contributed by atoms with Crippen molar-refractivity contribution in [2.24, 2.45) is 0 Å². The van der Waals surface area contributed by atoms with E-state index in [4.69, 9.17) is 0 Å². The van der Waals surface area contributed by atoms with Gasteiger partial charge in [-0.25, -0.2) is 9.97 Å². The van der Waals surface area contributed by atoms with Crippen LogP contribution in [0.2, 0.25) is 0 Å². The monoisotopic (exact) mass is 381 g/mol. The van der Waals surface area contributed by atoms with Crippen molar-refractivity contribution >= 4 is 28.3 Å². The number of nitrogens with one attached hydrogen (secondary N) is 2. The van der Waals surface area contributed by atoms with E-state index in [1.807, 2.05) is 36.4 Å². The van der Waals surface area contributed by atoms with Crippen LogP contribution in [-0.4, -0.2) is 25.3 Å². The van der Waals surface area contributed by atoms with Gasteiger partial charge >= 0.3 is 0 Å². The van der Waals surface area contributed by atoms with Gasteiger partial charge in [0.25, 0.3) is 11.5 Å². The van der Waals surface area contributed by atoms with Gasteiger partial charge in [-0.1, -0.05) is 18.2 Å². The van der Waals surface area contributed by atoms with Crippen molar-refractivity contribution in [3.05, 3.63) is 95.0 Å². The van der Waals surface area contributed by atoms with Crippen LogP contribution in [0.25, 0.3) is 28.1 Å². The predicted molar refractivity (Wildman–Crippen MR) is 111 cm³/mol. The van der Waals surface area contributed by atoms with Crippen LogP contribution in [-0.2, 0) is 0 Å². The van der Waals surface area contributed by atoms with Crippen LogP contribution < -0.4 is 10.9 Å². The van der Waals surface area contributed by atoms with Crippen LogP contribution in [0.15, 0.2) is 83.9 Å². The second kappa shape index (κ2) is 6.72. The van der Waals surface area contributed by atoms with Crippen LogP contribution in [0.3, 0.4) is 0 Å².